The summed E-state index contributed by atoms with van der Waals surface area (Å²) in [7, 11) is 0. The van der Waals surface area contributed by atoms with Gasteiger partial charge in [0, 0.05) is 30.6 Å². The quantitative estimate of drug-likeness (QED) is 0.294. The van der Waals surface area contributed by atoms with Gasteiger partial charge in [0.1, 0.15) is 5.69 Å². The van der Waals surface area contributed by atoms with E-state index in [1.165, 1.54) is 0 Å². The first-order valence-corrected chi connectivity index (χ1v) is 12.4. The second-order valence-electron chi connectivity index (χ2n) is 9.16. The van der Waals surface area contributed by atoms with Crippen molar-refractivity contribution in [1.82, 2.24) is 9.55 Å². The summed E-state index contributed by atoms with van der Waals surface area (Å²) >= 11 is 0. The molecule has 1 N–H and O–H groups in total. The predicted octanol–water partition coefficient (Wildman–Crippen LogP) is 4.54. The summed E-state index contributed by atoms with van der Waals surface area (Å²) in [5.41, 5.74) is 2.56. The number of anilines is 1. The fourth-order valence-corrected chi connectivity index (χ4v) is 3.79. The van der Waals surface area contributed by atoms with E-state index in [1.54, 1.807) is 28.8 Å². The fraction of sp³-hybridized carbons (Fsp3) is 0.393. The maximum Gasteiger partial charge on any atom is 0.306 e. The third kappa shape index (κ3) is 7.34. The highest BCUT2D eigenvalue weighted by molar-refractivity contribution is 5.98. The Hall–Kier alpha value is -3.81. The van der Waals surface area contributed by atoms with Gasteiger partial charge >= 0.3 is 5.97 Å². The number of hydrogen-bond donors (Lipinski definition) is 1. The number of amides is 1. The molecule has 0 radical (unpaired) electrons. The summed E-state index contributed by atoms with van der Waals surface area (Å²) < 4.78 is 6.86. The molecule has 0 spiro atoms. The van der Waals surface area contributed by atoms with Gasteiger partial charge in [-0.25, -0.2) is 4.98 Å². The van der Waals surface area contributed by atoms with Gasteiger partial charge < -0.3 is 14.6 Å². The van der Waals surface area contributed by atoms with Crippen LogP contribution in [-0.4, -0.2) is 33.8 Å². The van der Waals surface area contributed by atoms with Crippen molar-refractivity contribution in [3.05, 3.63) is 70.1 Å². The zero-order chi connectivity index (χ0) is 26.1. The molecule has 1 aromatic heterocycles. The number of aromatic nitrogens is 2. The summed E-state index contributed by atoms with van der Waals surface area (Å²) in [5, 5.41) is 2.78. The van der Waals surface area contributed by atoms with Crippen molar-refractivity contribution >= 4 is 34.4 Å². The lowest BCUT2D eigenvalue weighted by molar-refractivity contribution is -0.142. The van der Waals surface area contributed by atoms with Crippen molar-refractivity contribution in [2.75, 3.05) is 11.9 Å². The first-order valence-electron chi connectivity index (χ1n) is 12.4. The van der Waals surface area contributed by atoms with Crippen LogP contribution in [0.15, 0.2) is 53.3 Å². The molecule has 0 aliphatic carbocycles. The van der Waals surface area contributed by atoms with Gasteiger partial charge in [-0.2, -0.15) is 0 Å². The number of carbonyl (C=O) groups excluding carboxylic acids is 3. The lowest BCUT2D eigenvalue weighted by Crippen LogP contribution is -2.26. The minimum Gasteiger partial charge on any atom is -0.457 e. The molecule has 0 bridgehead atoms. The molecule has 190 valence electrons. The van der Waals surface area contributed by atoms with Gasteiger partial charge in [0.25, 0.3) is 5.56 Å². The SMILES string of the molecule is CCCCn1c(=O)c(CCC(=O)OCC(=O)c2ccc(NC(=O)CC(C)C)cc2)nc2ccccc21. The van der Waals surface area contributed by atoms with E-state index >= 15 is 0 Å². The predicted molar refractivity (Wildman–Crippen MR) is 139 cm³/mol. The van der Waals surface area contributed by atoms with E-state index in [9.17, 15) is 19.2 Å². The molecule has 0 aliphatic rings. The van der Waals surface area contributed by atoms with Crippen molar-refractivity contribution in [3.63, 3.8) is 0 Å². The van der Waals surface area contributed by atoms with Crippen LogP contribution in [0.25, 0.3) is 11.0 Å². The summed E-state index contributed by atoms with van der Waals surface area (Å²) in [5.74, 6) is -0.764. The molecule has 3 rings (SSSR count). The maximum absolute atomic E-state index is 13.0. The molecule has 0 saturated carbocycles. The Morgan fingerprint density at radius 1 is 1.06 bits per heavy atom. The van der Waals surface area contributed by atoms with Gasteiger partial charge in [-0.05, 0) is 48.7 Å². The number of benzene rings is 2. The van der Waals surface area contributed by atoms with Gasteiger partial charge in [0.2, 0.25) is 5.91 Å². The van der Waals surface area contributed by atoms with Gasteiger partial charge in [-0.3, -0.25) is 19.2 Å². The molecule has 36 heavy (non-hydrogen) atoms. The molecule has 0 saturated heterocycles. The molecule has 0 unspecified atom stereocenters. The van der Waals surface area contributed by atoms with Crippen LogP contribution < -0.4 is 10.9 Å². The Morgan fingerprint density at radius 3 is 2.47 bits per heavy atom. The van der Waals surface area contributed by atoms with Crippen LogP contribution in [0, 0.1) is 5.92 Å². The Kier molecular flexibility index (Phi) is 9.50. The molecule has 1 amide bonds. The average Bonchev–Trinajstić information content (AvgIpc) is 2.85. The molecule has 2 aromatic carbocycles. The van der Waals surface area contributed by atoms with E-state index < -0.39 is 12.6 Å². The van der Waals surface area contributed by atoms with Crippen molar-refractivity contribution in [3.8, 4) is 0 Å². The second-order valence-corrected chi connectivity index (χ2v) is 9.16. The standard InChI is InChI=1S/C28H33N3O5/c1-4-5-16-31-24-9-7-6-8-22(24)30-23(28(31)35)14-15-27(34)36-18-25(32)20-10-12-21(13-11-20)29-26(33)17-19(2)3/h6-13,19H,4-5,14-18H2,1-3H3,(H,29,33). The van der Waals surface area contributed by atoms with Gasteiger partial charge in [-0.1, -0.05) is 39.3 Å². The minimum atomic E-state index is -0.574. The number of esters is 1. The number of Topliss-reactive ketones (excluding diaryl/α,β-unsaturated/α-hetero) is 1. The number of para-hydroxylation sites is 2. The molecule has 8 heteroatoms. The Labute approximate surface area is 210 Å². The van der Waals surface area contributed by atoms with Crippen molar-refractivity contribution in [1.29, 1.82) is 0 Å². The largest absolute Gasteiger partial charge is 0.457 e. The molecule has 0 atom stereocenters. The van der Waals surface area contributed by atoms with Crippen molar-refractivity contribution in [2.24, 2.45) is 5.92 Å². The summed E-state index contributed by atoms with van der Waals surface area (Å²) in [6, 6.07) is 13.9. The van der Waals surface area contributed by atoms with Gasteiger partial charge in [0.05, 0.1) is 17.5 Å². The van der Waals surface area contributed by atoms with Gasteiger partial charge in [0.15, 0.2) is 12.4 Å². The number of carbonyl (C=O) groups is 3. The minimum absolute atomic E-state index is 0.0531. The number of aryl methyl sites for hydroxylation is 2. The van der Waals surface area contributed by atoms with E-state index in [2.05, 4.69) is 17.2 Å². The van der Waals surface area contributed by atoms with Gasteiger partial charge in [-0.15, -0.1) is 0 Å². The smallest absolute Gasteiger partial charge is 0.306 e. The van der Waals surface area contributed by atoms with Crippen LogP contribution in [-0.2, 0) is 27.3 Å². The zero-order valence-corrected chi connectivity index (χ0v) is 21.1. The van der Waals surface area contributed by atoms with E-state index in [0.717, 1.165) is 18.4 Å². The Balaban J connectivity index is 1.55. The van der Waals surface area contributed by atoms with E-state index in [-0.39, 0.29) is 36.0 Å². The zero-order valence-electron chi connectivity index (χ0n) is 21.1. The molecule has 0 fully saturated rings. The fourth-order valence-electron chi connectivity index (χ4n) is 3.79. The number of nitrogens with zero attached hydrogens (tertiary/aromatic N) is 2. The normalized spacial score (nSPS) is 11.0. The Morgan fingerprint density at radius 2 is 1.78 bits per heavy atom. The Bertz CT molecular complexity index is 1280. The van der Waals surface area contributed by atoms with Crippen molar-refractivity contribution < 1.29 is 19.1 Å². The highest BCUT2D eigenvalue weighted by Gasteiger charge is 2.15. The van der Waals surface area contributed by atoms with Crippen LogP contribution in [0.3, 0.4) is 0 Å². The highest BCUT2D eigenvalue weighted by Crippen LogP contribution is 2.13. The van der Waals surface area contributed by atoms with Crippen LogP contribution in [0.5, 0.6) is 0 Å². The van der Waals surface area contributed by atoms with Crippen LogP contribution >= 0.6 is 0 Å². The molecule has 8 nitrogen and oxygen atoms in total. The number of nitrogens with one attached hydrogen (secondary N) is 1. The maximum atomic E-state index is 13.0. The van der Waals surface area contributed by atoms with Crippen molar-refractivity contribution in [2.45, 2.75) is 59.4 Å². The molecular formula is C28H33N3O5. The number of hydrogen-bond acceptors (Lipinski definition) is 6. The number of ether oxygens (including phenoxy) is 1. The first-order chi connectivity index (χ1) is 17.3. The molecular weight excluding hydrogens is 458 g/mol. The second kappa shape index (κ2) is 12.8. The number of unbranched alkanes of at least 4 members (excludes halogenated alkanes) is 1. The lowest BCUT2D eigenvalue weighted by atomic mass is 10.1. The lowest BCUT2D eigenvalue weighted by Gasteiger charge is -2.12. The summed E-state index contributed by atoms with van der Waals surface area (Å²) in [6.45, 7) is 6.18. The molecule has 1 heterocycles. The van der Waals surface area contributed by atoms with Crippen LogP contribution in [0.1, 0.15) is 62.5 Å². The van der Waals surface area contributed by atoms with Crippen LogP contribution in [0.4, 0.5) is 5.69 Å². The third-order valence-corrected chi connectivity index (χ3v) is 5.67. The third-order valence-electron chi connectivity index (χ3n) is 5.67. The highest BCUT2D eigenvalue weighted by atomic mass is 16.5. The number of fused-ring (bicyclic) bond motifs is 1. The monoisotopic (exact) mass is 491 g/mol. The number of rotatable bonds is 12. The average molecular weight is 492 g/mol. The summed E-state index contributed by atoms with van der Waals surface area (Å²) in [6.07, 6.45) is 2.31. The first kappa shape index (κ1) is 26.8. The summed E-state index contributed by atoms with van der Waals surface area (Å²) in [4.78, 5) is 54.0. The molecule has 3 aromatic rings. The number of ketones is 1. The topological polar surface area (TPSA) is 107 Å². The van der Waals surface area contributed by atoms with E-state index in [1.807, 2.05) is 38.1 Å². The molecule has 0 aliphatic heterocycles. The van der Waals surface area contributed by atoms with Crippen LogP contribution in [0.2, 0.25) is 0 Å². The van der Waals surface area contributed by atoms with E-state index in [4.69, 9.17) is 4.74 Å². The van der Waals surface area contributed by atoms with E-state index in [0.29, 0.717) is 35.4 Å².